The molecule has 0 heterocycles. The molecular formula is C15H19F3O2Si. The minimum atomic E-state index is -4.84. The predicted octanol–water partition coefficient (Wildman–Crippen LogP) is 3.72. The summed E-state index contributed by atoms with van der Waals surface area (Å²) in [7, 11) is -0.543. The van der Waals surface area contributed by atoms with Gasteiger partial charge in [0.05, 0.1) is 13.5 Å². The average molecular weight is 316 g/mol. The molecular weight excluding hydrogens is 297 g/mol. The van der Waals surface area contributed by atoms with Gasteiger partial charge in [0.25, 0.3) is 0 Å². The van der Waals surface area contributed by atoms with Gasteiger partial charge in [-0.2, -0.15) is 13.2 Å². The summed E-state index contributed by atoms with van der Waals surface area (Å²) in [6.07, 6.45) is -5.54. The van der Waals surface area contributed by atoms with Gasteiger partial charge in [0.1, 0.15) is 13.8 Å². The van der Waals surface area contributed by atoms with Crippen LogP contribution in [0.5, 0.6) is 5.75 Å². The van der Waals surface area contributed by atoms with Crippen molar-refractivity contribution in [3.63, 3.8) is 0 Å². The van der Waals surface area contributed by atoms with Crippen LogP contribution in [-0.4, -0.2) is 26.5 Å². The number of rotatable bonds is 3. The van der Waals surface area contributed by atoms with Crippen LogP contribution in [0.3, 0.4) is 0 Å². The summed E-state index contributed by atoms with van der Waals surface area (Å²) in [6, 6.07) is 5.58. The van der Waals surface area contributed by atoms with Crippen molar-refractivity contribution in [2.24, 2.45) is 0 Å². The molecule has 0 aliphatic rings. The van der Waals surface area contributed by atoms with Crippen LogP contribution in [0.1, 0.15) is 12.0 Å². The molecule has 0 spiro atoms. The topological polar surface area (TPSA) is 29.5 Å². The maximum atomic E-state index is 13.4. The Bertz CT molecular complexity index is 553. The summed E-state index contributed by atoms with van der Waals surface area (Å²) < 4.78 is 45.0. The molecule has 0 saturated heterocycles. The molecule has 116 valence electrons. The number of hydrogen-bond acceptors (Lipinski definition) is 2. The second-order valence-electron chi connectivity index (χ2n) is 5.79. The predicted molar refractivity (Wildman–Crippen MR) is 78.7 cm³/mol. The zero-order valence-corrected chi connectivity index (χ0v) is 13.5. The first-order valence-electron chi connectivity index (χ1n) is 6.44. The molecule has 0 aliphatic heterocycles. The highest BCUT2D eigenvalue weighted by Crippen LogP contribution is 2.44. The van der Waals surface area contributed by atoms with E-state index in [-0.39, 0.29) is 11.3 Å². The molecule has 0 radical (unpaired) electrons. The van der Waals surface area contributed by atoms with Crippen LogP contribution < -0.4 is 4.74 Å². The van der Waals surface area contributed by atoms with E-state index in [1.54, 1.807) is 6.07 Å². The monoisotopic (exact) mass is 316 g/mol. The molecule has 1 aromatic rings. The summed E-state index contributed by atoms with van der Waals surface area (Å²) in [5.74, 6) is 2.50. The van der Waals surface area contributed by atoms with Crippen LogP contribution in [0.4, 0.5) is 13.2 Å². The largest absolute Gasteiger partial charge is 0.496 e. The summed E-state index contributed by atoms with van der Waals surface area (Å²) in [5, 5.41) is 10.2. The minimum absolute atomic E-state index is 0.00729. The Morgan fingerprint density at radius 1 is 1.19 bits per heavy atom. The second kappa shape index (κ2) is 6.12. The van der Waals surface area contributed by atoms with Crippen molar-refractivity contribution in [1.29, 1.82) is 0 Å². The Kier molecular flexibility index (Phi) is 5.13. The second-order valence-corrected chi connectivity index (χ2v) is 10.5. The van der Waals surface area contributed by atoms with Crippen molar-refractivity contribution in [3.05, 3.63) is 29.8 Å². The lowest BCUT2D eigenvalue weighted by atomic mass is 9.89. The molecule has 1 aromatic carbocycles. The lowest BCUT2D eigenvalue weighted by molar-refractivity contribution is -0.265. The SMILES string of the molecule is COc1ccccc1[C@](O)(CC#C[Si](C)(C)C)C(F)(F)F. The molecule has 6 heteroatoms. The lowest BCUT2D eigenvalue weighted by Crippen LogP contribution is -2.42. The van der Waals surface area contributed by atoms with Crippen LogP contribution in [0.15, 0.2) is 24.3 Å². The maximum absolute atomic E-state index is 13.4. The van der Waals surface area contributed by atoms with Crippen LogP contribution in [-0.2, 0) is 5.60 Å². The van der Waals surface area contributed by atoms with Crippen molar-refractivity contribution in [2.45, 2.75) is 37.8 Å². The molecule has 0 amide bonds. The number of methoxy groups -OCH3 is 1. The van der Waals surface area contributed by atoms with Gasteiger partial charge in [0.15, 0.2) is 5.60 Å². The van der Waals surface area contributed by atoms with E-state index in [0.29, 0.717) is 0 Å². The highest BCUT2D eigenvalue weighted by molar-refractivity contribution is 6.83. The van der Waals surface area contributed by atoms with E-state index >= 15 is 0 Å². The Hall–Kier alpha value is -1.45. The highest BCUT2D eigenvalue weighted by atomic mass is 28.3. The first-order chi connectivity index (χ1) is 9.51. The maximum Gasteiger partial charge on any atom is 0.422 e. The molecule has 0 aliphatic carbocycles. The Morgan fingerprint density at radius 2 is 1.76 bits per heavy atom. The summed E-state index contributed by atoms with van der Waals surface area (Å²) in [5.41, 5.74) is -0.505. The van der Waals surface area contributed by atoms with E-state index < -0.39 is 26.3 Å². The standard InChI is InChI=1S/C15H19F3O2Si/c1-20-13-9-6-5-8-12(13)14(19,15(16,17)18)10-7-11-21(2,3)4/h5-6,8-9,19H,10H2,1-4H3/t14-/m1/s1. The van der Waals surface area contributed by atoms with Crippen molar-refractivity contribution in [1.82, 2.24) is 0 Å². The quantitative estimate of drug-likeness (QED) is 0.680. The molecule has 0 fully saturated rings. The van der Waals surface area contributed by atoms with Crippen molar-refractivity contribution in [2.75, 3.05) is 7.11 Å². The Labute approximate surface area is 124 Å². The van der Waals surface area contributed by atoms with Crippen molar-refractivity contribution < 1.29 is 23.0 Å². The number of ether oxygens (including phenoxy) is 1. The van der Waals surface area contributed by atoms with Crippen LogP contribution in [0, 0.1) is 11.5 Å². The summed E-state index contributed by atoms with van der Waals surface area (Å²) in [4.78, 5) is 0. The molecule has 0 bridgehead atoms. The molecule has 1 rings (SSSR count). The molecule has 1 N–H and O–H groups in total. The van der Waals surface area contributed by atoms with E-state index in [0.717, 1.165) is 0 Å². The molecule has 2 nitrogen and oxygen atoms in total. The number of benzene rings is 1. The van der Waals surface area contributed by atoms with Gasteiger partial charge in [-0.1, -0.05) is 37.8 Å². The van der Waals surface area contributed by atoms with E-state index in [4.69, 9.17) is 4.74 Å². The first kappa shape index (κ1) is 17.6. The van der Waals surface area contributed by atoms with E-state index in [1.165, 1.54) is 25.3 Å². The van der Waals surface area contributed by atoms with E-state index in [1.807, 2.05) is 19.6 Å². The average Bonchev–Trinajstić information content (AvgIpc) is 2.35. The van der Waals surface area contributed by atoms with Gasteiger partial charge in [-0.15, -0.1) is 11.5 Å². The fraction of sp³-hybridized carbons (Fsp3) is 0.467. The van der Waals surface area contributed by atoms with E-state index in [2.05, 4.69) is 11.5 Å². The summed E-state index contributed by atoms with van der Waals surface area (Å²) in [6.45, 7) is 5.78. The molecule has 0 aromatic heterocycles. The molecule has 1 atom stereocenters. The van der Waals surface area contributed by atoms with Gasteiger partial charge >= 0.3 is 6.18 Å². The molecule has 21 heavy (non-hydrogen) atoms. The van der Waals surface area contributed by atoms with Gasteiger partial charge in [0, 0.05) is 5.56 Å². The number of hydrogen-bond donors (Lipinski definition) is 1. The first-order valence-corrected chi connectivity index (χ1v) is 9.94. The van der Waals surface area contributed by atoms with Gasteiger partial charge in [-0.05, 0) is 6.07 Å². The number of aliphatic hydroxyl groups is 1. The Balaban J connectivity index is 3.31. The zero-order chi connectivity index (χ0) is 16.3. The number of para-hydroxylation sites is 1. The Morgan fingerprint density at radius 3 is 2.24 bits per heavy atom. The molecule has 0 saturated carbocycles. The van der Waals surface area contributed by atoms with Crippen LogP contribution in [0.2, 0.25) is 19.6 Å². The third-order valence-electron chi connectivity index (χ3n) is 2.83. The third-order valence-corrected chi connectivity index (χ3v) is 3.76. The fourth-order valence-corrected chi connectivity index (χ4v) is 2.39. The zero-order valence-electron chi connectivity index (χ0n) is 12.5. The van der Waals surface area contributed by atoms with Gasteiger partial charge in [-0.25, -0.2) is 0 Å². The number of alkyl halides is 3. The van der Waals surface area contributed by atoms with Crippen molar-refractivity contribution in [3.8, 4) is 17.2 Å². The minimum Gasteiger partial charge on any atom is -0.496 e. The van der Waals surface area contributed by atoms with Gasteiger partial charge < -0.3 is 9.84 Å². The highest BCUT2D eigenvalue weighted by Gasteiger charge is 2.55. The van der Waals surface area contributed by atoms with Gasteiger partial charge in [-0.3, -0.25) is 0 Å². The summed E-state index contributed by atoms with van der Waals surface area (Å²) >= 11 is 0. The van der Waals surface area contributed by atoms with Gasteiger partial charge in [0.2, 0.25) is 0 Å². The normalized spacial score (nSPS) is 14.9. The van der Waals surface area contributed by atoms with Crippen LogP contribution >= 0.6 is 0 Å². The smallest absolute Gasteiger partial charge is 0.422 e. The van der Waals surface area contributed by atoms with Crippen molar-refractivity contribution >= 4 is 8.07 Å². The third kappa shape index (κ3) is 4.25. The lowest BCUT2D eigenvalue weighted by Gasteiger charge is -2.30. The molecule has 0 unspecified atom stereocenters. The van der Waals surface area contributed by atoms with Crippen LogP contribution in [0.25, 0.3) is 0 Å². The number of halogens is 3. The fourth-order valence-electron chi connectivity index (χ4n) is 1.77. The van der Waals surface area contributed by atoms with E-state index in [9.17, 15) is 18.3 Å².